The Morgan fingerprint density at radius 2 is 2.10 bits per heavy atom. The maximum absolute atomic E-state index is 12.6. The highest BCUT2D eigenvalue weighted by Crippen LogP contribution is 2.23. The summed E-state index contributed by atoms with van der Waals surface area (Å²) in [7, 11) is 1.58. The summed E-state index contributed by atoms with van der Waals surface area (Å²) in [5, 5.41) is 3.03. The number of carbonyl (C=O) groups is 2. The molecule has 1 aliphatic rings. The lowest BCUT2D eigenvalue weighted by molar-refractivity contribution is -0.126. The minimum atomic E-state index is -0.415. The van der Waals surface area contributed by atoms with E-state index in [0.29, 0.717) is 29.2 Å². The number of anilines is 1. The van der Waals surface area contributed by atoms with Crippen molar-refractivity contribution >= 4 is 29.1 Å². The Bertz CT molecular complexity index is 513. The summed E-state index contributed by atoms with van der Waals surface area (Å²) in [5.74, 6) is -0.333. The van der Waals surface area contributed by atoms with Crippen LogP contribution in [0, 0.1) is 0 Å². The Kier molecular flexibility index (Phi) is 4.49. The number of hydrogen-bond acceptors (Lipinski definition) is 3. The van der Waals surface area contributed by atoms with Crippen molar-refractivity contribution in [2.75, 3.05) is 19.3 Å². The molecule has 0 saturated carbocycles. The number of piperidine rings is 1. The molecule has 108 valence electrons. The Hall–Kier alpha value is -1.75. The van der Waals surface area contributed by atoms with Crippen LogP contribution in [-0.2, 0) is 4.79 Å². The number of likely N-dealkylation sites (N-methyl/N-ethyl adjacent to an activating group) is 1. The van der Waals surface area contributed by atoms with E-state index in [1.807, 2.05) is 0 Å². The summed E-state index contributed by atoms with van der Waals surface area (Å²) in [6.07, 6.45) is 2.52. The SMILES string of the molecule is CNC(=O)C1CCCCN1C(=O)c1cc(N)cc(Cl)c1. The fraction of sp³-hybridized carbons (Fsp3) is 0.429. The molecule has 6 heteroatoms. The van der Waals surface area contributed by atoms with Gasteiger partial charge in [-0.3, -0.25) is 9.59 Å². The van der Waals surface area contributed by atoms with Crippen LogP contribution in [0.2, 0.25) is 5.02 Å². The summed E-state index contributed by atoms with van der Waals surface area (Å²) in [6.45, 7) is 0.573. The number of amides is 2. The predicted molar refractivity (Wildman–Crippen MR) is 78.6 cm³/mol. The first kappa shape index (κ1) is 14.7. The molecular formula is C14H18ClN3O2. The van der Waals surface area contributed by atoms with E-state index >= 15 is 0 Å². The van der Waals surface area contributed by atoms with Gasteiger partial charge in [0.1, 0.15) is 6.04 Å². The Morgan fingerprint density at radius 3 is 2.75 bits per heavy atom. The second-order valence-corrected chi connectivity index (χ2v) is 5.33. The number of hydrogen-bond donors (Lipinski definition) is 2. The number of nitrogens with two attached hydrogens (primary N) is 1. The average molecular weight is 296 g/mol. The van der Waals surface area contributed by atoms with Crippen molar-refractivity contribution in [3.05, 3.63) is 28.8 Å². The molecule has 1 aromatic rings. The first-order valence-electron chi connectivity index (χ1n) is 6.61. The van der Waals surface area contributed by atoms with Gasteiger partial charge in [0.05, 0.1) is 0 Å². The van der Waals surface area contributed by atoms with E-state index in [1.54, 1.807) is 30.1 Å². The van der Waals surface area contributed by atoms with Crippen LogP contribution in [0.5, 0.6) is 0 Å². The van der Waals surface area contributed by atoms with E-state index in [9.17, 15) is 9.59 Å². The van der Waals surface area contributed by atoms with Gasteiger partial charge in [0.25, 0.3) is 5.91 Å². The number of nitrogens with one attached hydrogen (secondary N) is 1. The molecule has 0 radical (unpaired) electrons. The molecule has 1 fully saturated rings. The zero-order valence-electron chi connectivity index (χ0n) is 11.4. The smallest absolute Gasteiger partial charge is 0.254 e. The maximum atomic E-state index is 12.6. The van der Waals surface area contributed by atoms with Crippen LogP contribution in [0.15, 0.2) is 18.2 Å². The molecular weight excluding hydrogens is 278 g/mol. The van der Waals surface area contributed by atoms with E-state index in [2.05, 4.69) is 5.32 Å². The number of nitrogens with zero attached hydrogens (tertiary/aromatic N) is 1. The van der Waals surface area contributed by atoms with Crippen LogP contribution < -0.4 is 11.1 Å². The van der Waals surface area contributed by atoms with Crippen LogP contribution in [0.3, 0.4) is 0 Å². The van der Waals surface area contributed by atoms with Gasteiger partial charge in [-0.2, -0.15) is 0 Å². The number of rotatable bonds is 2. The van der Waals surface area contributed by atoms with Gasteiger partial charge in [0, 0.05) is 29.9 Å². The van der Waals surface area contributed by atoms with Crippen molar-refractivity contribution in [2.45, 2.75) is 25.3 Å². The van der Waals surface area contributed by atoms with Crippen molar-refractivity contribution in [1.82, 2.24) is 10.2 Å². The van der Waals surface area contributed by atoms with Gasteiger partial charge in [-0.1, -0.05) is 11.6 Å². The summed E-state index contributed by atoms with van der Waals surface area (Å²) in [5.41, 5.74) is 6.57. The van der Waals surface area contributed by atoms with Gasteiger partial charge in [0.15, 0.2) is 0 Å². The molecule has 1 atom stereocenters. The minimum Gasteiger partial charge on any atom is -0.399 e. The first-order chi connectivity index (χ1) is 9.52. The Morgan fingerprint density at radius 1 is 1.35 bits per heavy atom. The third kappa shape index (κ3) is 3.04. The first-order valence-corrected chi connectivity index (χ1v) is 6.99. The van der Waals surface area contributed by atoms with Crippen molar-refractivity contribution in [2.24, 2.45) is 0 Å². The van der Waals surface area contributed by atoms with Crippen molar-refractivity contribution in [1.29, 1.82) is 0 Å². The van der Waals surface area contributed by atoms with E-state index in [-0.39, 0.29) is 11.8 Å². The summed E-state index contributed by atoms with van der Waals surface area (Å²) < 4.78 is 0. The molecule has 3 N–H and O–H groups in total. The van der Waals surface area contributed by atoms with Gasteiger partial charge in [-0.05, 0) is 37.5 Å². The van der Waals surface area contributed by atoms with Crippen LogP contribution in [0.25, 0.3) is 0 Å². The average Bonchev–Trinajstić information content (AvgIpc) is 2.44. The zero-order valence-corrected chi connectivity index (χ0v) is 12.1. The molecule has 0 aliphatic carbocycles. The number of likely N-dealkylation sites (tertiary alicyclic amines) is 1. The Labute approximate surface area is 123 Å². The molecule has 2 amide bonds. The quantitative estimate of drug-likeness (QED) is 0.815. The number of halogens is 1. The lowest BCUT2D eigenvalue weighted by atomic mass is 10.00. The van der Waals surface area contributed by atoms with Gasteiger partial charge in [-0.25, -0.2) is 0 Å². The molecule has 1 heterocycles. The van der Waals surface area contributed by atoms with E-state index in [1.165, 1.54) is 0 Å². The molecule has 5 nitrogen and oxygen atoms in total. The molecule has 20 heavy (non-hydrogen) atoms. The number of benzene rings is 1. The summed E-state index contributed by atoms with van der Waals surface area (Å²) in [4.78, 5) is 26.1. The van der Waals surface area contributed by atoms with Gasteiger partial charge >= 0.3 is 0 Å². The predicted octanol–water partition coefficient (Wildman–Crippen LogP) is 1.66. The zero-order chi connectivity index (χ0) is 14.7. The number of carbonyl (C=O) groups excluding carboxylic acids is 2. The van der Waals surface area contributed by atoms with E-state index in [0.717, 1.165) is 12.8 Å². The summed E-state index contributed by atoms with van der Waals surface area (Å²) in [6, 6.07) is 4.34. The van der Waals surface area contributed by atoms with Crippen molar-refractivity contribution < 1.29 is 9.59 Å². The maximum Gasteiger partial charge on any atom is 0.254 e. The molecule has 0 bridgehead atoms. The van der Waals surface area contributed by atoms with Crippen LogP contribution in [0.1, 0.15) is 29.6 Å². The standard InChI is InChI=1S/C14H18ClN3O2/c1-17-13(19)12-4-2-3-5-18(12)14(20)9-6-10(15)8-11(16)7-9/h6-8,12H,2-5,16H2,1H3,(H,17,19). The Balaban J connectivity index is 2.27. The molecule has 1 aliphatic heterocycles. The molecule has 1 aromatic carbocycles. The molecule has 0 aromatic heterocycles. The normalized spacial score (nSPS) is 18.7. The van der Waals surface area contributed by atoms with Gasteiger partial charge < -0.3 is 16.0 Å². The second kappa shape index (κ2) is 6.13. The third-order valence-electron chi connectivity index (χ3n) is 3.48. The largest absolute Gasteiger partial charge is 0.399 e. The molecule has 2 rings (SSSR count). The fourth-order valence-corrected chi connectivity index (χ4v) is 2.76. The van der Waals surface area contributed by atoms with Crippen LogP contribution in [0.4, 0.5) is 5.69 Å². The van der Waals surface area contributed by atoms with Crippen molar-refractivity contribution in [3.63, 3.8) is 0 Å². The lowest BCUT2D eigenvalue weighted by Gasteiger charge is -2.34. The lowest BCUT2D eigenvalue weighted by Crippen LogP contribution is -2.51. The topological polar surface area (TPSA) is 75.4 Å². The van der Waals surface area contributed by atoms with Crippen LogP contribution in [-0.4, -0.2) is 36.3 Å². The van der Waals surface area contributed by atoms with E-state index in [4.69, 9.17) is 17.3 Å². The monoisotopic (exact) mass is 295 g/mol. The highest BCUT2D eigenvalue weighted by molar-refractivity contribution is 6.31. The molecule has 0 spiro atoms. The fourth-order valence-electron chi connectivity index (χ4n) is 2.52. The minimum absolute atomic E-state index is 0.131. The van der Waals surface area contributed by atoms with Gasteiger partial charge in [-0.15, -0.1) is 0 Å². The third-order valence-corrected chi connectivity index (χ3v) is 3.70. The highest BCUT2D eigenvalue weighted by atomic mass is 35.5. The summed E-state index contributed by atoms with van der Waals surface area (Å²) >= 11 is 5.93. The van der Waals surface area contributed by atoms with Gasteiger partial charge in [0.2, 0.25) is 5.91 Å². The van der Waals surface area contributed by atoms with E-state index < -0.39 is 6.04 Å². The molecule has 1 unspecified atom stereocenters. The van der Waals surface area contributed by atoms with Crippen LogP contribution >= 0.6 is 11.6 Å². The second-order valence-electron chi connectivity index (χ2n) is 4.90. The van der Waals surface area contributed by atoms with Crippen molar-refractivity contribution in [3.8, 4) is 0 Å². The number of nitrogen functional groups attached to an aromatic ring is 1. The highest BCUT2D eigenvalue weighted by Gasteiger charge is 2.32. The molecule has 1 saturated heterocycles.